The first-order valence-corrected chi connectivity index (χ1v) is 5.51. The van der Waals surface area contributed by atoms with Gasteiger partial charge >= 0.3 is 0 Å². The SMILES string of the molecule is CCCC(OC)=C(C#N)C(=O)c1ccccc1. The van der Waals surface area contributed by atoms with Crippen molar-refractivity contribution in [1.29, 1.82) is 5.26 Å². The molecule has 1 rings (SSSR count). The molecule has 0 fully saturated rings. The predicted octanol–water partition coefficient (Wildman–Crippen LogP) is 3.09. The number of carbonyl (C=O) groups is 1. The fraction of sp³-hybridized carbons (Fsp3) is 0.286. The molecule has 0 N–H and O–H groups in total. The summed E-state index contributed by atoms with van der Waals surface area (Å²) in [5.41, 5.74) is 0.607. The summed E-state index contributed by atoms with van der Waals surface area (Å²) in [5.74, 6) is 0.183. The van der Waals surface area contributed by atoms with E-state index in [1.54, 1.807) is 24.3 Å². The molecule has 0 atom stereocenters. The van der Waals surface area contributed by atoms with Crippen LogP contribution in [0.25, 0.3) is 0 Å². The first-order chi connectivity index (χ1) is 8.24. The maximum Gasteiger partial charge on any atom is 0.206 e. The number of carbonyl (C=O) groups excluding carboxylic acids is 1. The van der Waals surface area contributed by atoms with E-state index in [0.717, 1.165) is 6.42 Å². The topological polar surface area (TPSA) is 50.1 Å². The van der Waals surface area contributed by atoms with Crippen molar-refractivity contribution < 1.29 is 9.53 Å². The molecule has 0 heterocycles. The number of nitrogens with zero attached hydrogens (tertiary/aromatic N) is 1. The zero-order chi connectivity index (χ0) is 12.7. The van der Waals surface area contributed by atoms with Gasteiger partial charge in [-0.15, -0.1) is 0 Å². The van der Waals surface area contributed by atoms with Crippen LogP contribution < -0.4 is 0 Å². The molecule has 0 aliphatic heterocycles. The second kappa shape index (κ2) is 6.49. The van der Waals surface area contributed by atoms with E-state index in [-0.39, 0.29) is 11.4 Å². The van der Waals surface area contributed by atoms with E-state index in [1.807, 2.05) is 19.1 Å². The smallest absolute Gasteiger partial charge is 0.206 e. The molecule has 88 valence electrons. The largest absolute Gasteiger partial charge is 0.500 e. The summed E-state index contributed by atoms with van der Waals surface area (Å²) in [6, 6.07) is 10.7. The third-order valence-electron chi connectivity index (χ3n) is 2.38. The van der Waals surface area contributed by atoms with Crippen molar-refractivity contribution >= 4 is 5.78 Å². The number of benzene rings is 1. The maximum absolute atomic E-state index is 12.1. The van der Waals surface area contributed by atoms with Gasteiger partial charge in [-0.1, -0.05) is 37.3 Å². The molecular formula is C14H15NO2. The lowest BCUT2D eigenvalue weighted by atomic mass is 10.0. The van der Waals surface area contributed by atoms with Crippen LogP contribution in [0.15, 0.2) is 41.7 Å². The Kier molecular flexibility index (Phi) is 4.96. The van der Waals surface area contributed by atoms with Crippen LogP contribution in [0.1, 0.15) is 30.1 Å². The zero-order valence-electron chi connectivity index (χ0n) is 10.1. The second-order valence-corrected chi connectivity index (χ2v) is 3.56. The molecule has 0 bridgehead atoms. The lowest BCUT2D eigenvalue weighted by Gasteiger charge is -2.07. The van der Waals surface area contributed by atoms with Crippen LogP contribution in [0.5, 0.6) is 0 Å². The Labute approximate surface area is 101 Å². The molecule has 0 amide bonds. The highest BCUT2D eigenvalue weighted by atomic mass is 16.5. The van der Waals surface area contributed by atoms with Gasteiger partial charge in [0, 0.05) is 12.0 Å². The Morgan fingerprint density at radius 3 is 2.47 bits per heavy atom. The van der Waals surface area contributed by atoms with Crippen molar-refractivity contribution in [2.75, 3.05) is 7.11 Å². The molecule has 3 nitrogen and oxygen atoms in total. The molecule has 1 aromatic carbocycles. The van der Waals surface area contributed by atoms with Crippen LogP contribution in [0, 0.1) is 11.3 Å². The van der Waals surface area contributed by atoms with Crippen molar-refractivity contribution in [3.8, 4) is 6.07 Å². The van der Waals surface area contributed by atoms with Crippen molar-refractivity contribution in [2.24, 2.45) is 0 Å². The summed E-state index contributed by atoms with van der Waals surface area (Å²) in [5, 5.41) is 9.08. The molecule has 17 heavy (non-hydrogen) atoms. The fourth-order valence-corrected chi connectivity index (χ4v) is 1.53. The van der Waals surface area contributed by atoms with Crippen molar-refractivity contribution in [1.82, 2.24) is 0 Å². The van der Waals surface area contributed by atoms with E-state index in [0.29, 0.717) is 17.7 Å². The summed E-state index contributed by atoms with van der Waals surface area (Å²) >= 11 is 0. The monoisotopic (exact) mass is 229 g/mol. The molecule has 0 aliphatic carbocycles. The third-order valence-corrected chi connectivity index (χ3v) is 2.38. The minimum Gasteiger partial charge on any atom is -0.500 e. The number of hydrogen-bond donors (Lipinski definition) is 0. The van der Waals surface area contributed by atoms with Gasteiger partial charge in [0.15, 0.2) is 0 Å². The van der Waals surface area contributed by atoms with Gasteiger partial charge in [-0.25, -0.2) is 0 Å². The van der Waals surface area contributed by atoms with E-state index >= 15 is 0 Å². The minimum absolute atomic E-state index is 0.0977. The maximum atomic E-state index is 12.1. The van der Waals surface area contributed by atoms with E-state index in [9.17, 15) is 4.79 Å². The Bertz CT molecular complexity index is 455. The lowest BCUT2D eigenvalue weighted by Crippen LogP contribution is -2.06. The van der Waals surface area contributed by atoms with E-state index in [2.05, 4.69) is 0 Å². The highest BCUT2D eigenvalue weighted by molar-refractivity contribution is 6.11. The third kappa shape index (κ3) is 3.18. The van der Waals surface area contributed by atoms with Gasteiger partial charge in [0.2, 0.25) is 5.78 Å². The quantitative estimate of drug-likeness (QED) is 0.337. The molecule has 0 radical (unpaired) electrons. The van der Waals surface area contributed by atoms with Crippen molar-refractivity contribution in [3.63, 3.8) is 0 Å². The molecule has 3 heteroatoms. The van der Waals surface area contributed by atoms with Gasteiger partial charge in [-0.3, -0.25) is 4.79 Å². The molecule has 0 unspecified atom stereocenters. The van der Waals surface area contributed by atoms with E-state index < -0.39 is 0 Å². The fourth-order valence-electron chi connectivity index (χ4n) is 1.53. The van der Waals surface area contributed by atoms with Crippen LogP contribution >= 0.6 is 0 Å². The summed E-state index contributed by atoms with van der Waals surface area (Å²) in [6.45, 7) is 1.97. The molecule has 0 saturated heterocycles. The zero-order valence-corrected chi connectivity index (χ0v) is 10.1. The van der Waals surface area contributed by atoms with Crippen LogP contribution in [0.4, 0.5) is 0 Å². The highest BCUT2D eigenvalue weighted by Gasteiger charge is 2.17. The first kappa shape index (κ1) is 13.0. The first-order valence-electron chi connectivity index (χ1n) is 5.51. The molecule has 1 aromatic rings. The summed E-state index contributed by atoms with van der Waals surface area (Å²) in [7, 11) is 1.49. The van der Waals surface area contributed by atoms with Gasteiger partial charge in [0.25, 0.3) is 0 Å². The number of methoxy groups -OCH3 is 1. The van der Waals surface area contributed by atoms with Gasteiger partial charge in [-0.05, 0) is 6.42 Å². The van der Waals surface area contributed by atoms with Crippen LogP contribution in [-0.2, 0) is 4.74 Å². The number of ether oxygens (including phenoxy) is 1. The van der Waals surface area contributed by atoms with Gasteiger partial charge in [0.05, 0.1) is 7.11 Å². The van der Waals surface area contributed by atoms with Crippen LogP contribution in [0.2, 0.25) is 0 Å². The normalized spacial score (nSPS) is 11.4. The second-order valence-electron chi connectivity index (χ2n) is 3.56. The number of nitriles is 1. The average molecular weight is 229 g/mol. The summed E-state index contributed by atoms with van der Waals surface area (Å²) < 4.78 is 5.12. The van der Waals surface area contributed by atoms with E-state index in [4.69, 9.17) is 10.00 Å². The summed E-state index contributed by atoms with van der Waals surface area (Å²) in [6.07, 6.45) is 1.42. The van der Waals surface area contributed by atoms with Gasteiger partial charge in [0.1, 0.15) is 17.4 Å². The Morgan fingerprint density at radius 2 is 2.00 bits per heavy atom. The van der Waals surface area contributed by atoms with Crippen molar-refractivity contribution in [3.05, 3.63) is 47.2 Å². The predicted molar refractivity (Wildman–Crippen MR) is 65.3 cm³/mol. The number of ketones is 1. The number of rotatable bonds is 5. The molecule has 0 spiro atoms. The molecule has 0 aromatic heterocycles. The Balaban J connectivity index is 3.12. The molecule has 0 aliphatic rings. The number of allylic oxidation sites excluding steroid dienone is 2. The Morgan fingerprint density at radius 1 is 1.35 bits per heavy atom. The van der Waals surface area contributed by atoms with Crippen LogP contribution in [-0.4, -0.2) is 12.9 Å². The van der Waals surface area contributed by atoms with Crippen molar-refractivity contribution in [2.45, 2.75) is 19.8 Å². The standard InChI is InChI=1S/C14H15NO2/c1-3-7-13(17-2)12(10-15)14(16)11-8-5-4-6-9-11/h4-6,8-9H,3,7H2,1-2H3. The van der Waals surface area contributed by atoms with Gasteiger partial charge in [-0.2, -0.15) is 5.26 Å². The Hall–Kier alpha value is -2.08. The minimum atomic E-state index is -0.279. The number of Topliss-reactive ketones (excluding diaryl/α,β-unsaturated/α-hetero) is 1. The van der Waals surface area contributed by atoms with Crippen LogP contribution in [0.3, 0.4) is 0 Å². The number of hydrogen-bond acceptors (Lipinski definition) is 3. The highest BCUT2D eigenvalue weighted by Crippen LogP contribution is 2.16. The lowest BCUT2D eigenvalue weighted by molar-refractivity contribution is 0.103. The molecule has 0 saturated carbocycles. The van der Waals surface area contributed by atoms with E-state index in [1.165, 1.54) is 7.11 Å². The van der Waals surface area contributed by atoms with Gasteiger partial charge < -0.3 is 4.74 Å². The summed E-state index contributed by atoms with van der Waals surface area (Å²) in [4.78, 5) is 12.1. The average Bonchev–Trinajstić information content (AvgIpc) is 2.39. The molecular weight excluding hydrogens is 214 g/mol.